The molecule has 1 unspecified atom stereocenters. The molecule has 298 valence electrons. The van der Waals surface area contributed by atoms with Crippen molar-refractivity contribution in [2.24, 2.45) is 23.7 Å². The first-order chi connectivity index (χ1) is 24.8. The molecule has 3 saturated heterocycles. The van der Waals surface area contributed by atoms with Crippen LogP contribution >= 0.6 is 0 Å². The number of piperidine rings is 2. The third-order valence-corrected chi connectivity index (χ3v) is 12.1. The first-order valence-corrected chi connectivity index (χ1v) is 20.3. The Kier molecular flexibility index (Phi) is 17.2. The molecule has 0 radical (unpaired) electrons. The Morgan fingerprint density at radius 2 is 1.54 bits per heavy atom. The number of aliphatic hydroxyl groups excluding tert-OH is 3. The van der Waals surface area contributed by atoms with Crippen molar-refractivity contribution in [3.05, 3.63) is 23.8 Å². The van der Waals surface area contributed by atoms with Crippen molar-refractivity contribution in [3.8, 4) is 0 Å². The summed E-state index contributed by atoms with van der Waals surface area (Å²) < 4.78 is 19.1. The van der Waals surface area contributed by atoms with Crippen molar-refractivity contribution in [2.75, 3.05) is 53.4 Å². The zero-order valence-corrected chi connectivity index (χ0v) is 33.2. The molecular formula is C41H71N3O8. The smallest absolute Gasteiger partial charge is 0.308 e. The molecule has 0 amide bonds. The Hall–Kier alpha value is -1.70. The first kappa shape index (κ1) is 43.0. The lowest BCUT2D eigenvalue weighted by molar-refractivity contribution is -0.304. The number of rotatable bonds is 9. The number of esters is 1. The van der Waals surface area contributed by atoms with Gasteiger partial charge in [-0.3, -0.25) is 9.59 Å². The van der Waals surface area contributed by atoms with E-state index in [9.17, 15) is 24.9 Å². The number of hydrogen-bond donors (Lipinski definition) is 3. The van der Waals surface area contributed by atoms with E-state index in [0.29, 0.717) is 19.3 Å². The molecule has 11 heteroatoms. The summed E-state index contributed by atoms with van der Waals surface area (Å²) in [4.78, 5) is 34.1. The second kappa shape index (κ2) is 20.8. The first-order valence-electron chi connectivity index (χ1n) is 20.3. The van der Waals surface area contributed by atoms with E-state index in [1.807, 2.05) is 33.8 Å². The fourth-order valence-corrected chi connectivity index (χ4v) is 8.83. The van der Waals surface area contributed by atoms with Crippen LogP contribution < -0.4 is 0 Å². The average molecular weight is 734 g/mol. The summed E-state index contributed by atoms with van der Waals surface area (Å²) in [5.41, 5.74) is 0.954. The van der Waals surface area contributed by atoms with Gasteiger partial charge in [0.25, 0.3) is 0 Å². The average Bonchev–Trinajstić information content (AvgIpc) is 3.12. The highest BCUT2D eigenvalue weighted by molar-refractivity contribution is 5.91. The van der Waals surface area contributed by atoms with E-state index in [4.69, 9.17) is 14.2 Å². The van der Waals surface area contributed by atoms with Crippen LogP contribution in [-0.4, -0.2) is 144 Å². The third kappa shape index (κ3) is 12.2. The van der Waals surface area contributed by atoms with E-state index >= 15 is 0 Å². The Bertz CT molecular complexity index is 1170. The van der Waals surface area contributed by atoms with Crippen LogP contribution in [0.2, 0.25) is 0 Å². The van der Waals surface area contributed by atoms with Crippen molar-refractivity contribution in [1.29, 1.82) is 0 Å². The maximum absolute atomic E-state index is 13.8. The van der Waals surface area contributed by atoms with E-state index in [2.05, 4.69) is 15.9 Å². The standard InChI is InChI=1S/C41H71N3O8/c1-8-35-32(26-44-20-13-10-14-21-44)23-27(2)15-16-33(45)28(3)24-31(17-22-43-18-11-9-12-19-43)40(29(4)34(46)25-36(47)51-35)52-41-39(49)37(42(6)7)38(48)30(5)50-41/h15-16,23,28-32,34-35,37-41,46,48-49H,8-14,17-22,24-26H2,1-7H3/b16-15+,27-23+/t28-,29+,30-,31?,32-,34-,35-,37+,38-,39-,40-,41+/m1/s1. The number of aliphatic hydroxyl groups is 3. The van der Waals surface area contributed by atoms with Crippen LogP contribution in [0, 0.1) is 23.7 Å². The molecule has 52 heavy (non-hydrogen) atoms. The number of ether oxygens (including phenoxy) is 3. The topological polar surface area (TPSA) is 132 Å². The van der Waals surface area contributed by atoms with E-state index in [0.717, 1.165) is 70.5 Å². The number of likely N-dealkylation sites (N-methyl/N-ethyl adjacent to an activating group) is 1. The number of cyclic esters (lactones) is 1. The van der Waals surface area contributed by atoms with Crippen LogP contribution in [0.5, 0.6) is 0 Å². The minimum Gasteiger partial charge on any atom is -0.462 e. The van der Waals surface area contributed by atoms with Gasteiger partial charge in [-0.25, -0.2) is 0 Å². The van der Waals surface area contributed by atoms with Crippen LogP contribution in [0.25, 0.3) is 0 Å². The summed E-state index contributed by atoms with van der Waals surface area (Å²) in [6.07, 6.45) is 8.49. The van der Waals surface area contributed by atoms with Crippen LogP contribution in [0.3, 0.4) is 0 Å². The van der Waals surface area contributed by atoms with Crippen molar-refractivity contribution in [3.63, 3.8) is 0 Å². The summed E-state index contributed by atoms with van der Waals surface area (Å²) in [6, 6.07) is -0.632. The fraction of sp³-hybridized carbons (Fsp3) is 0.854. The maximum atomic E-state index is 13.8. The molecule has 0 aromatic rings. The number of nitrogens with zero attached hydrogens (tertiary/aromatic N) is 3. The Labute approximate surface area is 313 Å². The van der Waals surface area contributed by atoms with Gasteiger partial charge in [0, 0.05) is 24.3 Å². The van der Waals surface area contributed by atoms with Gasteiger partial charge in [-0.1, -0.05) is 51.3 Å². The molecule has 3 fully saturated rings. The van der Waals surface area contributed by atoms with Crippen LogP contribution in [-0.2, 0) is 23.8 Å². The molecule has 0 aromatic heterocycles. The van der Waals surface area contributed by atoms with Gasteiger partial charge in [-0.15, -0.1) is 0 Å². The molecule has 4 aliphatic heterocycles. The lowest BCUT2D eigenvalue weighted by Gasteiger charge is -2.47. The summed E-state index contributed by atoms with van der Waals surface area (Å²) in [6.45, 7) is 15.3. The molecule has 4 rings (SSSR count). The highest BCUT2D eigenvalue weighted by Gasteiger charge is 2.47. The van der Waals surface area contributed by atoms with Crippen molar-refractivity contribution >= 4 is 11.8 Å². The zero-order valence-electron chi connectivity index (χ0n) is 33.2. The second-order valence-corrected chi connectivity index (χ2v) is 16.6. The summed E-state index contributed by atoms with van der Waals surface area (Å²) in [5, 5.41) is 34.2. The highest BCUT2D eigenvalue weighted by atomic mass is 16.7. The molecule has 3 N–H and O–H groups in total. The highest BCUT2D eigenvalue weighted by Crippen LogP contribution is 2.35. The zero-order chi connectivity index (χ0) is 37.9. The minimum absolute atomic E-state index is 0.0270. The lowest BCUT2D eigenvalue weighted by atomic mass is 9.79. The Balaban J connectivity index is 1.68. The van der Waals surface area contributed by atoms with Gasteiger partial charge in [0.05, 0.1) is 36.9 Å². The van der Waals surface area contributed by atoms with Crippen LogP contribution in [0.4, 0.5) is 0 Å². The molecule has 4 heterocycles. The van der Waals surface area contributed by atoms with Gasteiger partial charge in [0.2, 0.25) is 0 Å². The minimum atomic E-state index is -1.17. The van der Waals surface area contributed by atoms with Crippen LogP contribution in [0.15, 0.2) is 23.8 Å². The van der Waals surface area contributed by atoms with Gasteiger partial charge < -0.3 is 44.2 Å². The van der Waals surface area contributed by atoms with Crippen LogP contribution in [0.1, 0.15) is 98.8 Å². The molecule has 11 nitrogen and oxygen atoms in total. The monoisotopic (exact) mass is 734 g/mol. The lowest BCUT2D eigenvalue weighted by Crippen LogP contribution is -2.63. The molecule has 4 aliphatic rings. The van der Waals surface area contributed by atoms with E-state index in [1.165, 1.54) is 12.8 Å². The van der Waals surface area contributed by atoms with E-state index < -0.39 is 54.7 Å². The SMILES string of the molecule is CC[C@H]1OC(=O)C[C@@H](O)[C@H](C)[C@@H](O[C@@H]2O[C@H](C)[C@@H](O)[C@H](N(C)C)[C@H]2O)C(CCN2CCCCC2)C[C@@H](C)C(=O)/C=C/C(C)=C/[C@@H]1CN1CCCCC1. The number of likely N-dealkylation sites (tertiary alicyclic amines) is 2. The van der Waals surface area contributed by atoms with Gasteiger partial charge in [-0.05, 0) is 118 Å². The van der Waals surface area contributed by atoms with Gasteiger partial charge >= 0.3 is 5.97 Å². The predicted octanol–water partition coefficient (Wildman–Crippen LogP) is 4.18. The van der Waals surface area contributed by atoms with Crippen molar-refractivity contribution < 1.29 is 39.1 Å². The van der Waals surface area contributed by atoms with Crippen molar-refractivity contribution in [1.82, 2.24) is 14.7 Å². The van der Waals surface area contributed by atoms with E-state index in [1.54, 1.807) is 32.0 Å². The third-order valence-electron chi connectivity index (χ3n) is 12.1. The summed E-state index contributed by atoms with van der Waals surface area (Å²) in [5.74, 6) is -1.58. The quantitative estimate of drug-likeness (QED) is 0.295. The molecule has 0 aromatic carbocycles. The maximum Gasteiger partial charge on any atom is 0.308 e. The van der Waals surface area contributed by atoms with Crippen molar-refractivity contribution in [2.45, 2.75) is 148 Å². The fourth-order valence-electron chi connectivity index (χ4n) is 8.83. The number of hydrogen-bond acceptors (Lipinski definition) is 11. The molecule has 0 spiro atoms. The summed E-state index contributed by atoms with van der Waals surface area (Å²) in [7, 11) is 3.60. The summed E-state index contributed by atoms with van der Waals surface area (Å²) >= 11 is 0. The number of carbonyl (C=O) groups is 2. The number of allylic oxidation sites excluding steroid dienone is 3. The van der Waals surface area contributed by atoms with Gasteiger partial charge in [-0.2, -0.15) is 0 Å². The number of carbonyl (C=O) groups excluding carboxylic acids is 2. The molecule has 0 aliphatic carbocycles. The Morgan fingerprint density at radius 1 is 0.904 bits per heavy atom. The number of ketones is 1. The molecular weight excluding hydrogens is 662 g/mol. The normalized spacial score (nSPS) is 40.2. The van der Waals surface area contributed by atoms with E-state index in [-0.39, 0.29) is 36.1 Å². The molecule has 0 bridgehead atoms. The second-order valence-electron chi connectivity index (χ2n) is 16.6. The predicted molar refractivity (Wildman–Crippen MR) is 203 cm³/mol. The largest absolute Gasteiger partial charge is 0.462 e. The molecule has 12 atom stereocenters. The van der Waals surface area contributed by atoms with Gasteiger partial charge in [0.1, 0.15) is 12.2 Å². The molecule has 0 saturated carbocycles. The van der Waals surface area contributed by atoms with Gasteiger partial charge in [0.15, 0.2) is 12.1 Å². The Morgan fingerprint density at radius 3 is 2.15 bits per heavy atom.